The highest BCUT2D eigenvalue weighted by atomic mass is 16.5. The molecule has 0 spiro atoms. The van der Waals surface area contributed by atoms with Crippen molar-refractivity contribution < 1.29 is 19.1 Å². The van der Waals surface area contributed by atoms with Crippen LogP contribution in [0.2, 0.25) is 0 Å². The van der Waals surface area contributed by atoms with Crippen LogP contribution in [0.1, 0.15) is 20.3 Å². The number of ether oxygens (including phenoxy) is 2. The van der Waals surface area contributed by atoms with Crippen molar-refractivity contribution in [2.24, 2.45) is 5.92 Å². The van der Waals surface area contributed by atoms with E-state index in [-0.39, 0.29) is 23.9 Å². The molecule has 0 aromatic rings. The number of carbonyl (C=O) groups is 2. The molecule has 2 atom stereocenters. The van der Waals surface area contributed by atoms with Crippen LogP contribution in [0.25, 0.3) is 0 Å². The summed E-state index contributed by atoms with van der Waals surface area (Å²) in [4.78, 5) is 22.7. The standard InChI is InChI=1S/C10H17NO4/c1-3-14-9(12)7-5-8(11-6-7)10(13)15-4-2/h7-8,11H,3-6H2,1-2H3/t7-,8-/m0/s1. The molecule has 0 unspecified atom stereocenters. The van der Waals surface area contributed by atoms with Gasteiger partial charge in [0.1, 0.15) is 6.04 Å². The van der Waals surface area contributed by atoms with Crippen molar-refractivity contribution in [1.29, 1.82) is 0 Å². The first-order valence-corrected chi connectivity index (χ1v) is 5.25. The summed E-state index contributed by atoms with van der Waals surface area (Å²) in [5, 5.41) is 2.96. The summed E-state index contributed by atoms with van der Waals surface area (Å²) < 4.78 is 9.74. The zero-order valence-electron chi connectivity index (χ0n) is 9.12. The van der Waals surface area contributed by atoms with E-state index >= 15 is 0 Å². The molecule has 0 saturated carbocycles. The topological polar surface area (TPSA) is 64.6 Å². The number of hydrogen-bond donors (Lipinski definition) is 1. The minimum absolute atomic E-state index is 0.223. The fourth-order valence-electron chi connectivity index (χ4n) is 1.60. The molecule has 1 rings (SSSR count). The number of nitrogens with one attached hydrogen (secondary N) is 1. The molecule has 5 heteroatoms. The highest BCUT2D eigenvalue weighted by Crippen LogP contribution is 2.16. The van der Waals surface area contributed by atoms with E-state index in [1.165, 1.54) is 0 Å². The van der Waals surface area contributed by atoms with Crippen LogP contribution >= 0.6 is 0 Å². The Hall–Kier alpha value is -1.10. The predicted octanol–water partition coefficient (Wildman–Crippen LogP) is 0.0907. The maximum atomic E-state index is 11.4. The summed E-state index contributed by atoms with van der Waals surface area (Å²) in [5.74, 6) is -0.750. The fraction of sp³-hybridized carbons (Fsp3) is 0.800. The number of carbonyl (C=O) groups excluding carboxylic acids is 2. The Balaban J connectivity index is 2.38. The molecule has 1 saturated heterocycles. The first kappa shape index (κ1) is 12.0. The normalized spacial score (nSPS) is 24.9. The monoisotopic (exact) mass is 215 g/mol. The summed E-state index contributed by atoms with van der Waals surface area (Å²) in [6, 6.07) is -0.362. The molecule has 0 aromatic carbocycles. The van der Waals surface area contributed by atoms with Gasteiger partial charge in [0.15, 0.2) is 0 Å². The molecule has 0 bridgehead atoms. The number of hydrogen-bond acceptors (Lipinski definition) is 5. The van der Waals surface area contributed by atoms with Gasteiger partial charge in [-0.05, 0) is 20.3 Å². The average molecular weight is 215 g/mol. The maximum Gasteiger partial charge on any atom is 0.323 e. The zero-order valence-corrected chi connectivity index (χ0v) is 9.12. The van der Waals surface area contributed by atoms with Crippen molar-refractivity contribution in [3.05, 3.63) is 0 Å². The van der Waals surface area contributed by atoms with Gasteiger partial charge in [0.2, 0.25) is 0 Å². The van der Waals surface area contributed by atoms with Gasteiger partial charge in [-0.25, -0.2) is 0 Å². The van der Waals surface area contributed by atoms with Gasteiger partial charge < -0.3 is 14.8 Å². The first-order valence-electron chi connectivity index (χ1n) is 5.25. The second-order valence-corrected chi connectivity index (χ2v) is 3.40. The molecular formula is C10H17NO4. The van der Waals surface area contributed by atoms with Gasteiger partial charge in [-0.1, -0.05) is 0 Å². The Morgan fingerprint density at radius 2 is 1.80 bits per heavy atom. The SMILES string of the molecule is CCOC(=O)[C@@H]1CN[C@H](C(=O)OCC)C1. The summed E-state index contributed by atoms with van der Waals surface area (Å²) in [7, 11) is 0. The van der Waals surface area contributed by atoms with E-state index in [0.717, 1.165) is 0 Å². The van der Waals surface area contributed by atoms with Crippen molar-refractivity contribution in [3.63, 3.8) is 0 Å². The molecule has 86 valence electrons. The van der Waals surface area contributed by atoms with Crippen LogP contribution < -0.4 is 5.32 Å². The van der Waals surface area contributed by atoms with E-state index in [9.17, 15) is 9.59 Å². The molecule has 0 radical (unpaired) electrons. The van der Waals surface area contributed by atoms with Crippen molar-refractivity contribution in [2.45, 2.75) is 26.3 Å². The summed E-state index contributed by atoms with van der Waals surface area (Å²) in [5.41, 5.74) is 0. The summed E-state index contributed by atoms with van der Waals surface area (Å²) >= 11 is 0. The highest BCUT2D eigenvalue weighted by Gasteiger charge is 2.35. The van der Waals surface area contributed by atoms with E-state index in [0.29, 0.717) is 26.2 Å². The third-order valence-electron chi connectivity index (χ3n) is 2.32. The lowest BCUT2D eigenvalue weighted by Crippen LogP contribution is -2.32. The Bertz CT molecular complexity index is 218. The van der Waals surface area contributed by atoms with Gasteiger partial charge in [-0.15, -0.1) is 0 Å². The Labute approximate surface area is 89.1 Å². The van der Waals surface area contributed by atoms with Crippen LogP contribution in [0.5, 0.6) is 0 Å². The highest BCUT2D eigenvalue weighted by molar-refractivity contribution is 5.79. The van der Waals surface area contributed by atoms with Crippen molar-refractivity contribution in [2.75, 3.05) is 19.8 Å². The quantitative estimate of drug-likeness (QED) is 0.673. The molecular weight excluding hydrogens is 198 g/mol. The van der Waals surface area contributed by atoms with Gasteiger partial charge in [0, 0.05) is 6.54 Å². The number of rotatable bonds is 4. The second kappa shape index (κ2) is 5.70. The minimum Gasteiger partial charge on any atom is -0.466 e. The van der Waals surface area contributed by atoms with Gasteiger partial charge >= 0.3 is 11.9 Å². The smallest absolute Gasteiger partial charge is 0.323 e. The van der Waals surface area contributed by atoms with Crippen molar-refractivity contribution >= 4 is 11.9 Å². The fourth-order valence-corrected chi connectivity index (χ4v) is 1.60. The first-order chi connectivity index (χ1) is 7.19. The van der Waals surface area contributed by atoms with E-state index in [2.05, 4.69) is 5.32 Å². The lowest BCUT2D eigenvalue weighted by Gasteiger charge is -2.09. The lowest BCUT2D eigenvalue weighted by atomic mass is 10.1. The Morgan fingerprint density at radius 3 is 2.40 bits per heavy atom. The van der Waals surface area contributed by atoms with Crippen LogP contribution in [0.3, 0.4) is 0 Å². The summed E-state index contributed by atoms with van der Waals surface area (Å²) in [6.07, 6.45) is 0.470. The predicted molar refractivity (Wildman–Crippen MR) is 53.2 cm³/mol. The third kappa shape index (κ3) is 3.20. The largest absolute Gasteiger partial charge is 0.466 e. The molecule has 1 aliphatic heterocycles. The van der Waals surface area contributed by atoms with Gasteiger partial charge in [0.25, 0.3) is 0 Å². The molecule has 0 aromatic heterocycles. The van der Waals surface area contributed by atoms with Gasteiger partial charge in [0.05, 0.1) is 19.1 Å². The minimum atomic E-state index is -0.362. The summed E-state index contributed by atoms with van der Waals surface area (Å²) in [6.45, 7) is 4.75. The lowest BCUT2D eigenvalue weighted by molar-refractivity contribution is -0.147. The van der Waals surface area contributed by atoms with E-state index < -0.39 is 0 Å². The molecule has 0 amide bonds. The van der Waals surface area contributed by atoms with Crippen LogP contribution in [-0.4, -0.2) is 37.7 Å². The Morgan fingerprint density at radius 1 is 1.20 bits per heavy atom. The third-order valence-corrected chi connectivity index (χ3v) is 2.32. The van der Waals surface area contributed by atoms with Crippen molar-refractivity contribution in [3.8, 4) is 0 Å². The van der Waals surface area contributed by atoms with Crippen molar-refractivity contribution in [1.82, 2.24) is 5.32 Å². The molecule has 15 heavy (non-hydrogen) atoms. The zero-order chi connectivity index (χ0) is 11.3. The maximum absolute atomic E-state index is 11.4. The molecule has 1 fully saturated rings. The van der Waals surface area contributed by atoms with Crippen LogP contribution in [-0.2, 0) is 19.1 Å². The van der Waals surface area contributed by atoms with E-state index in [4.69, 9.17) is 9.47 Å². The Kier molecular flexibility index (Phi) is 4.55. The van der Waals surface area contributed by atoms with Crippen LogP contribution in [0, 0.1) is 5.92 Å². The second-order valence-electron chi connectivity index (χ2n) is 3.40. The van der Waals surface area contributed by atoms with Gasteiger partial charge in [-0.2, -0.15) is 0 Å². The molecule has 1 heterocycles. The molecule has 0 aliphatic carbocycles. The average Bonchev–Trinajstić information content (AvgIpc) is 2.67. The molecule has 5 nitrogen and oxygen atoms in total. The molecule has 1 N–H and O–H groups in total. The van der Waals surface area contributed by atoms with Gasteiger partial charge in [-0.3, -0.25) is 9.59 Å². The van der Waals surface area contributed by atoms with Crippen LogP contribution in [0.15, 0.2) is 0 Å². The van der Waals surface area contributed by atoms with Crippen LogP contribution in [0.4, 0.5) is 0 Å². The number of esters is 2. The molecule has 1 aliphatic rings. The van der Waals surface area contributed by atoms with E-state index in [1.807, 2.05) is 0 Å². The van der Waals surface area contributed by atoms with E-state index in [1.54, 1.807) is 13.8 Å².